The second kappa shape index (κ2) is 15.6. The Morgan fingerprint density at radius 2 is 1.12 bits per heavy atom. The van der Waals surface area contributed by atoms with Crippen LogP contribution >= 0.6 is 0 Å². The van der Waals surface area contributed by atoms with E-state index >= 15 is 0 Å². The minimum absolute atomic E-state index is 0.138. The van der Waals surface area contributed by atoms with Gasteiger partial charge >= 0.3 is 5.97 Å². The van der Waals surface area contributed by atoms with Crippen molar-refractivity contribution in [3.63, 3.8) is 0 Å². The molecule has 3 heteroatoms. The van der Waals surface area contributed by atoms with Crippen LogP contribution in [0.4, 0.5) is 0 Å². The molecule has 0 amide bonds. The van der Waals surface area contributed by atoms with Crippen LogP contribution in [0.3, 0.4) is 0 Å². The third-order valence-electron chi connectivity index (χ3n) is 4.86. The normalized spacial score (nSPS) is 10.8. The summed E-state index contributed by atoms with van der Waals surface area (Å²) in [4.78, 5) is 21.6. The van der Waals surface area contributed by atoms with E-state index in [0.717, 1.165) is 12.8 Å². The van der Waals surface area contributed by atoms with E-state index in [2.05, 4.69) is 30.3 Å². The lowest BCUT2D eigenvalue weighted by Gasteiger charge is -2.04. The summed E-state index contributed by atoms with van der Waals surface area (Å²) in [5.74, 6) is -1.15. The van der Waals surface area contributed by atoms with Crippen molar-refractivity contribution < 1.29 is 14.7 Å². The number of carboxylic acids is 1. The average molecular weight is 361 g/mol. The van der Waals surface area contributed by atoms with Gasteiger partial charge in [-0.25, -0.2) is 0 Å². The number of carboxylic acid groups (broad SMARTS) is 1. The summed E-state index contributed by atoms with van der Waals surface area (Å²) >= 11 is 0. The lowest BCUT2D eigenvalue weighted by molar-refractivity contribution is -0.140. The number of Topliss-reactive ketones (excluding diaryl/α,β-unsaturated/α-hetero) is 1. The molecule has 146 valence electrons. The van der Waals surface area contributed by atoms with E-state index in [9.17, 15) is 9.59 Å². The highest BCUT2D eigenvalue weighted by atomic mass is 16.4. The SMILES string of the molecule is O=C(O)CC(=O)CCCCCCCCCCCCCCc1ccccc1. The zero-order valence-corrected chi connectivity index (χ0v) is 16.3. The van der Waals surface area contributed by atoms with Gasteiger partial charge in [0.2, 0.25) is 0 Å². The molecule has 0 radical (unpaired) electrons. The second-order valence-electron chi connectivity index (χ2n) is 7.34. The van der Waals surface area contributed by atoms with Crippen LogP contribution in [0.15, 0.2) is 30.3 Å². The summed E-state index contributed by atoms with van der Waals surface area (Å²) in [6.07, 6.45) is 16.3. The highest BCUT2D eigenvalue weighted by molar-refractivity contribution is 5.94. The van der Waals surface area contributed by atoms with Crippen molar-refractivity contribution >= 4 is 11.8 Å². The van der Waals surface area contributed by atoms with Gasteiger partial charge in [0, 0.05) is 6.42 Å². The highest BCUT2D eigenvalue weighted by Gasteiger charge is 2.06. The number of hydrogen-bond acceptors (Lipinski definition) is 2. The molecule has 0 fully saturated rings. The number of unbranched alkanes of at least 4 members (excludes halogenated alkanes) is 11. The van der Waals surface area contributed by atoms with Crippen LogP contribution < -0.4 is 0 Å². The standard InChI is InChI=1S/C23H36O3/c24-22(20-23(25)26)19-15-10-8-6-4-2-1-3-5-7-9-12-16-21-17-13-11-14-18-21/h11,13-14,17-18H,1-10,12,15-16,19-20H2,(H,25,26). The summed E-state index contributed by atoms with van der Waals surface area (Å²) < 4.78 is 0. The third kappa shape index (κ3) is 13.6. The van der Waals surface area contributed by atoms with Crippen LogP contribution in [0.25, 0.3) is 0 Å². The molecule has 26 heavy (non-hydrogen) atoms. The number of carbonyl (C=O) groups excluding carboxylic acids is 1. The van der Waals surface area contributed by atoms with E-state index in [1.807, 2.05) is 0 Å². The summed E-state index contributed by atoms with van der Waals surface area (Å²) in [5, 5.41) is 8.51. The van der Waals surface area contributed by atoms with Crippen molar-refractivity contribution in [3.05, 3.63) is 35.9 Å². The third-order valence-corrected chi connectivity index (χ3v) is 4.86. The average Bonchev–Trinajstić information content (AvgIpc) is 2.62. The van der Waals surface area contributed by atoms with E-state index in [-0.39, 0.29) is 12.2 Å². The first-order chi connectivity index (χ1) is 12.7. The van der Waals surface area contributed by atoms with Gasteiger partial charge in [-0.3, -0.25) is 9.59 Å². The molecule has 0 aliphatic rings. The van der Waals surface area contributed by atoms with Crippen molar-refractivity contribution in [2.75, 3.05) is 0 Å². The molecule has 0 heterocycles. The zero-order chi connectivity index (χ0) is 18.9. The minimum atomic E-state index is -1.01. The van der Waals surface area contributed by atoms with Gasteiger partial charge in [0.15, 0.2) is 0 Å². The van der Waals surface area contributed by atoms with E-state index in [1.165, 1.54) is 76.2 Å². The Bertz CT molecular complexity index is 481. The maximum atomic E-state index is 11.2. The maximum absolute atomic E-state index is 11.2. The van der Waals surface area contributed by atoms with Gasteiger partial charge in [0.25, 0.3) is 0 Å². The number of ketones is 1. The molecular weight excluding hydrogens is 324 g/mol. The Hall–Kier alpha value is -1.64. The molecule has 0 aliphatic heterocycles. The van der Waals surface area contributed by atoms with E-state index in [1.54, 1.807) is 0 Å². The van der Waals surface area contributed by atoms with Crippen molar-refractivity contribution in [1.29, 1.82) is 0 Å². The zero-order valence-electron chi connectivity index (χ0n) is 16.3. The van der Waals surface area contributed by atoms with Crippen LogP contribution in [0.5, 0.6) is 0 Å². The van der Waals surface area contributed by atoms with Gasteiger partial charge in [-0.05, 0) is 24.8 Å². The molecule has 0 aliphatic carbocycles. The topological polar surface area (TPSA) is 54.4 Å². The van der Waals surface area contributed by atoms with Crippen LogP contribution in [0.1, 0.15) is 95.5 Å². The van der Waals surface area contributed by atoms with Gasteiger partial charge < -0.3 is 5.11 Å². The Kier molecular flexibility index (Phi) is 13.4. The van der Waals surface area contributed by atoms with Crippen molar-refractivity contribution in [3.8, 4) is 0 Å². The van der Waals surface area contributed by atoms with Gasteiger partial charge in [0.1, 0.15) is 12.2 Å². The molecule has 0 spiro atoms. The fourth-order valence-electron chi connectivity index (χ4n) is 3.32. The molecule has 0 saturated heterocycles. The van der Waals surface area contributed by atoms with E-state index in [4.69, 9.17) is 5.11 Å². The summed E-state index contributed by atoms with van der Waals surface area (Å²) in [5.41, 5.74) is 1.46. The Balaban J connectivity index is 1.76. The predicted octanol–water partition coefficient (Wildman–Crippen LogP) is 6.34. The Morgan fingerprint density at radius 3 is 1.62 bits per heavy atom. The van der Waals surface area contributed by atoms with Crippen molar-refractivity contribution in [2.45, 2.75) is 96.3 Å². The van der Waals surface area contributed by atoms with Crippen molar-refractivity contribution in [2.24, 2.45) is 0 Å². The quantitative estimate of drug-likeness (QED) is 0.260. The molecule has 1 rings (SSSR count). The van der Waals surface area contributed by atoms with E-state index < -0.39 is 5.97 Å². The Morgan fingerprint density at radius 1 is 0.654 bits per heavy atom. The highest BCUT2D eigenvalue weighted by Crippen LogP contribution is 2.13. The van der Waals surface area contributed by atoms with Crippen molar-refractivity contribution in [1.82, 2.24) is 0 Å². The first-order valence-corrected chi connectivity index (χ1v) is 10.5. The number of aryl methyl sites for hydroxylation is 1. The minimum Gasteiger partial charge on any atom is -0.481 e. The van der Waals surface area contributed by atoms with Gasteiger partial charge in [-0.2, -0.15) is 0 Å². The summed E-state index contributed by atoms with van der Waals surface area (Å²) in [7, 11) is 0. The van der Waals surface area contributed by atoms with Crippen LogP contribution in [-0.2, 0) is 16.0 Å². The molecule has 3 nitrogen and oxygen atoms in total. The number of carbonyl (C=O) groups is 2. The fraction of sp³-hybridized carbons (Fsp3) is 0.652. The number of aliphatic carboxylic acids is 1. The molecule has 1 N–H and O–H groups in total. The molecule has 0 unspecified atom stereocenters. The summed E-state index contributed by atoms with van der Waals surface area (Å²) in [6, 6.07) is 10.7. The van der Waals surface area contributed by atoms with Gasteiger partial charge in [-0.1, -0.05) is 94.5 Å². The smallest absolute Gasteiger partial charge is 0.310 e. The molecule has 1 aromatic carbocycles. The molecule has 0 saturated carbocycles. The number of benzene rings is 1. The first-order valence-electron chi connectivity index (χ1n) is 10.5. The van der Waals surface area contributed by atoms with Gasteiger partial charge in [-0.15, -0.1) is 0 Å². The predicted molar refractivity (Wildman–Crippen MR) is 107 cm³/mol. The number of hydrogen-bond donors (Lipinski definition) is 1. The number of rotatable bonds is 17. The molecule has 0 atom stereocenters. The molecule has 0 aromatic heterocycles. The Labute approximate surface area is 159 Å². The monoisotopic (exact) mass is 360 g/mol. The van der Waals surface area contributed by atoms with Crippen LogP contribution in [0.2, 0.25) is 0 Å². The molecule has 0 bridgehead atoms. The first kappa shape index (κ1) is 22.4. The fourth-order valence-corrected chi connectivity index (χ4v) is 3.32. The lowest BCUT2D eigenvalue weighted by atomic mass is 10.0. The summed E-state index contributed by atoms with van der Waals surface area (Å²) in [6.45, 7) is 0. The largest absolute Gasteiger partial charge is 0.481 e. The van der Waals surface area contributed by atoms with Crippen LogP contribution in [-0.4, -0.2) is 16.9 Å². The van der Waals surface area contributed by atoms with Gasteiger partial charge in [0.05, 0.1) is 0 Å². The molecular formula is C23H36O3. The molecule has 1 aromatic rings. The maximum Gasteiger partial charge on any atom is 0.310 e. The lowest BCUT2D eigenvalue weighted by Crippen LogP contribution is -2.05. The second-order valence-corrected chi connectivity index (χ2v) is 7.34. The van der Waals surface area contributed by atoms with E-state index in [0.29, 0.717) is 6.42 Å². The van der Waals surface area contributed by atoms with Crippen LogP contribution in [0, 0.1) is 0 Å².